The maximum Gasteiger partial charge on any atom is 0.341 e. The number of halogens is 3. The molecule has 0 spiro atoms. The largest absolute Gasteiger partial charge is 0.477 e. The second-order valence-corrected chi connectivity index (χ2v) is 4.71. The number of nitrogens with zero attached hydrogens (tertiary/aromatic N) is 2. The predicted molar refractivity (Wildman–Crippen MR) is 73.7 cm³/mol. The average Bonchev–Trinajstić information content (AvgIpc) is 2.34. The summed E-state index contributed by atoms with van der Waals surface area (Å²) in [6.07, 6.45) is 2.39. The van der Waals surface area contributed by atoms with Crippen molar-refractivity contribution in [1.82, 2.24) is 9.97 Å². The van der Waals surface area contributed by atoms with E-state index in [-0.39, 0.29) is 21.4 Å². The molecule has 19 heavy (non-hydrogen) atoms. The van der Waals surface area contributed by atoms with E-state index >= 15 is 0 Å². The van der Waals surface area contributed by atoms with Crippen LogP contribution in [0.25, 0.3) is 0 Å². The number of hydrogen-bond acceptors (Lipinski definition) is 4. The lowest BCUT2D eigenvalue weighted by atomic mass is 10.2. The first-order valence-electron chi connectivity index (χ1n) is 4.94. The van der Waals surface area contributed by atoms with Gasteiger partial charge in [0.1, 0.15) is 17.7 Å². The molecule has 0 radical (unpaired) electrons. The first kappa shape index (κ1) is 13.9. The number of hydrogen-bond donors (Lipinski definition) is 2. The Morgan fingerprint density at radius 1 is 1.21 bits per heavy atom. The van der Waals surface area contributed by atoms with Crippen molar-refractivity contribution in [3.05, 3.63) is 45.3 Å². The smallest absolute Gasteiger partial charge is 0.341 e. The van der Waals surface area contributed by atoms with Crippen molar-refractivity contribution >= 4 is 52.3 Å². The Morgan fingerprint density at radius 2 is 1.84 bits per heavy atom. The number of nitrogens with one attached hydrogen (secondary N) is 1. The molecule has 0 aliphatic rings. The van der Waals surface area contributed by atoms with Crippen molar-refractivity contribution < 1.29 is 9.90 Å². The summed E-state index contributed by atoms with van der Waals surface area (Å²) in [6, 6.07) is 2.97. The molecule has 0 saturated carbocycles. The Labute approximate surface area is 123 Å². The van der Waals surface area contributed by atoms with Gasteiger partial charge in [-0.1, -0.05) is 34.8 Å². The lowest BCUT2D eigenvalue weighted by molar-refractivity contribution is 0.0697. The normalized spacial score (nSPS) is 10.3. The van der Waals surface area contributed by atoms with Crippen LogP contribution in [0, 0.1) is 0 Å². The third-order valence-corrected chi connectivity index (χ3v) is 3.01. The van der Waals surface area contributed by atoms with Gasteiger partial charge in [0.15, 0.2) is 0 Å². The van der Waals surface area contributed by atoms with E-state index < -0.39 is 5.97 Å². The van der Waals surface area contributed by atoms with Crippen molar-refractivity contribution in [3.8, 4) is 0 Å². The molecule has 0 bridgehead atoms. The first-order chi connectivity index (χ1) is 8.99. The molecule has 1 aromatic carbocycles. The molecular weight excluding hydrogens is 312 g/mol. The molecule has 0 aliphatic carbocycles. The van der Waals surface area contributed by atoms with Crippen LogP contribution in [0.5, 0.6) is 0 Å². The monoisotopic (exact) mass is 317 g/mol. The van der Waals surface area contributed by atoms with Crippen LogP contribution in [-0.2, 0) is 0 Å². The minimum absolute atomic E-state index is 0.0913. The highest BCUT2D eigenvalue weighted by Crippen LogP contribution is 2.35. The van der Waals surface area contributed by atoms with Crippen LogP contribution in [0.3, 0.4) is 0 Å². The summed E-state index contributed by atoms with van der Waals surface area (Å²) in [5, 5.41) is 12.7. The third kappa shape index (κ3) is 3.07. The summed E-state index contributed by atoms with van der Waals surface area (Å²) in [5.74, 6) is -1.07. The van der Waals surface area contributed by atoms with Crippen molar-refractivity contribution in [2.45, 2.75) is 0 Å². The molecule has 1 heterocycles. The molecule has 2 aromatic rings. The molecule has 8 heteroatoms. The Morgan fingerprint density at radius 3 is 2.42 bits per heavy atom. The quantitative estimate of drug-likeness (QED) is 0.898. The van der Waals surface area contributed by atoms with E-state index in [0.29, 0.717) is 10.7 Å². The second kappa shape index (κ2) is 5.61. The number of anilines is 2. The van der Waals surface area contributed by atoms with Crippen LogP contribution in [0.4, 0.5) is 11.5 Å². The fourth-order valence-electron chi connectivity index (χ4n) is 1.37. The lowest BCUT2D eigenvalue weighted by Gasteiger charge is -2.11. The van der Waals surface area contributed by atoms with Gasteiger partial charge in [0, 0.05) is 11.2 Å². The Bertz CT molecular complexity index is 626. The van der Waals surface area contributed by atoms with Gasteiger partial charge in [0.25, 0.3) is 0 Å². The molecule has 1 aromatic heterocycles. The summed E-state index contributed by atoms with van der Waals surface area (Å²) >= 11 is 17.8. The summed E-state index contributed by atoms with van der Waals surface area (Å²) in [4.78, 5) is 18.5. The van der Waals surface area contributed by atoms with E-state index in [4.69, 9.17) is 39.9 Å². The number of aromatic carboxylic acids is 1. The highest BCUT2D eigenvalue weighted by molar-refractivity contribution is 6.41. The van der Waals surface area contributed by atoms with E-state index in [9.17, 15) is 4.79 Å². The molecule has 0 saturated heterocycles. The van der Waals surface area contributed by atoms with Crippen molar-refractivity contribution in [1.29, 1.82) is 0 Å². The maximum atomic E-state index is 11.0. The van der Waals surface area contributed by atoms with Gasteiger partial charge in [-0.25, -0.2) is 14.8 Å². The van der Waals surface area contributed by atoms with Crippen LogP contribution >= 0.6 is 34.8 Å². The highest BCUT2D eigenvalue weighted by atomic mass is 35.5. The molecule has 0 atom stereocenters. The maximum absolute atomic E-state index is 11.0. The zero-order valence-electron chi connectivity index (χ0n) is 9.19. The van der Waals surface area contributed by atoms with E-state index in [2.05, 4.69) is 15.3 Å². The summed E-state index contributed by atoms with van der Waals surface area (Å²) in [5.41, 5.74) is 0.235. The number of carboxylic acids is 1. The molecular formula is C11H6Cl3N3O2. The van der Waals surface area contributed by atoms with Crippen molar-refractivity contribution in [2.24, 2.45) is 0 Å². The van der Waals surface area contributed by atoms with Crippen molar-refractivity contribution in [2.75, 3.05) is 5.32 Å². The van der Waals surface area contributed by atoms with Gasteiger partial charge in [-0.3, -0.25) is 0 Å². The standard InChI is InChI=1S/C11H6Cl3N3O2/c12-5-1-7(13)9(8(14)2-5)17-10-6(11(18)19)3-15-4-16-10/h1-4H,(H,18,19)(H,15,16,17). The van der Waals surface area contributed by atoms with E-state index in [1.807, 2.05) is 0 Å². The summed E-state index contributed by atoms with van der Waals surface area (Å²) in [7, 11) is 0. The van der Waals surface area contributed by atoms with Crippen LogP contribution in [0.15, 0.2) is 24.7 Å². The lowest BCUT2D eigenvalue weighted by Crippen LogP contribution is -2.06. The number of rotatable bonds is 3. The van der Waals surface area contributed by atoms with Gasteiger partial charge in [0.2, 0.25) is 0 Å². The summed E-state index contributed by atoms with van der Waals surface area (Å²) < 4.78 is 0. The average molecular weight is 319 g/mol. The molecule has 0 unspecified atom stereocenters. The van der Waals surface area contributed by atoms with Gasteiger partial charge in [-0.05, 0) is 12.1 Å². The Kier molecular flexibility index (Phi) is 4.09. The van der Waals surface area contributed by atoms with E-state index in [1.165, 1.54) is 24.7 Å². The van der Waals surface area contributed by atoms with Crippen LogP contribution in [0.2, 0.25) is 15.1 Å². The molecule has 2 N–H and O–H groups in total. The van der Waals surface area contributed by atoms with Gasteiger partial charge in [-0.2, -0.15) is 0 Å². The van der Waals surface area contributed by atoms with Crippen LogP contribution in [0.1, 0.15) is 10.4 Å². The fourth-order valence-corrected chi connectivity index (χ4v) is 2.28. The molecule has 0 fully saturated rings. The Balaban J connectivity index is 2.45. The van der Waals surface area contributed by atoms with Gasteiger partial charge < -0.3 is 10.4 Å². The van der Waals surface area contributed by atoms with Gasteiger partial charge in [-0.15, -0.1) is 0 Å². The van der Waals surface area contributed by atoms with Gasteiger partial charge in [0.05, 0.1) is 15.7 Å². The predicted octanol–water partition coefficient (Wildman–Crippen LogP) is 3.88. The fraction of sp³-hybridized carbons (Fsp3) is 0. The molecule has 0 aliphatic heterocycles. The van der Waals surface area contributed by atoms with E-state index in [1.54, 1.807) is 0 Å². The minimum atomic E-state index is -1.16. The molecule has 98 valence electrons. The van der Waals surface area contributed by atoms with Crippen LogP contribution < -0.4 is 5.32 Å². The molecule has 2 rings (SSSR count). The third-order valence-electron chi connectivity index (χ3n) is 2.19. The number of carboxylic acid groups (broad SMARTS) is 1. The second-order valence-electron chi connectivity index (χ2n) is 3.46. The summed E-state index contributed by atoms with van der Waals surface area (Å²) in [6.45, 7) is 0. The first-order valence-corrected chi connectivity index (χ1v) is 6.07. The zero-order valence-corrected chi connectivity index (χ0v) is 11.5. The number of benzene rings is 1. The SMILES string of the molecule is O=C(O)c1cncnc1Nc1c(Cl)cc(Cl)cc1Cl. The zero-order chi connectivity index (χ0) is 14.0. The Hall–Kier alpha value is -1.56. The number of aromatic nitrogens is 2. The van der Waals surface area contributed by atoms with Crippen LogP contribution in [-0.4, -0.2) is 21.0 Å². The van der Waals surface area contributed by atoms with Gasteiger partial charge >= 0.3 is 5.97 Å². The topological polar surface area (TPSA) is 75.1 Å². The highest BCUT2D eigenvalue weighted by Gasteiger charge is 2.15. The van der Waals surface area contributed by atoms with Crippen molar-refractivity contribution in [3.63, 3.8) is 0 Å². The number of carbonyl (C=O) groups is 1. The molecule has 5 nitrogen and oxygen atoms in total. The van der Waals surface area contributed by atoms with E-state index in [0.717, 1.165) is 0 Å². The molecule has 0 amide bonds. The minimum Gasteiger partial charge on any atom is -0.477 e.